The summed E-state index contributed by atoms with van der Waals surface area (Å²) < 4.78 is 0.636. The molecule has 0 aromatic carbocycles. The van der Waals surface area contributed by atoms with Crippen molar-refractivity contribution in [3.8, 4) is 6.07 Å². The summed E-state index contributed by atoms with van der Waals surface area (Å²) in [5.74, 6) is 0. The van der Waals surface area contributed by atoms with Crippen LogP contribution in [0.1, 0.15) is 5.56 Å². The van der Waals surface area contributed by atoms with Crippen LogP contribution >= 0.6 is 27.5 Å². The van der Waals surface area contributed by atoms with Gasteiger partial charge in [-0.15, -0.1) is 0 Å². The highest BCUT2D eigenvalue weighted by atomic mass is 79.9. The predicted octanol–water partition coefficient (Wildman–Crippen LogP) is 2.37. The van der Waals surface area contributed by atoms with Crippen LogP contribution in [0.25, 0.3) is 0 Å². The Hall–Kier alpha value is -0.590. The van der Waals surface area contributed by atoms with Crippen molar-refractivity contribution in [2.75, 3.05) is 0 Å². The SMILES string of the molecule is N#Cc1cnc(Br)cc1Cl. The largest absolute Gasteiger partial charge is 0.248 e. The van der Waals surface area contributed by atoms with Gasteiger partial charge in [0.1, 0.15) is 10.7 Å². The highest BCUT2D eigenvalue weighted by molar-refractivity contribution is 9.10. The molecule has 0 saturated carbocycles. The van der Waals surface area contributed by atoms with Crippen LogP contribution in [0.2, 0.25) is 5.02 Å². The Morgan fingerprint density at radius 2 is 2.40 bits per heavy atom. The first-order chi connectivity index (χ1) is 4.74. The second-order valence-corrected chi connectivity index (χ2v) is 2.82. The van der Waals surface area contributed by atoms with E-state index >= 15 is 0 Å². The Bertz CT molecular complexity index is 292. The second kappa shape index (κ2) is 3.00. The van der Waals surface area contributed by atoms with Crippen molar-refractivity contribution in [1.82, 2.24) is 4.98 Å². The van der Waals surface area contributed by atoms with Crippen LogP contribution in [0.4, 0.5) is 0 Å². The van der Waals surface area contributed by atoms with Gasteiger partial charge in [0.2, 0.25) is 0 Å². The fraction of sp³-hybridized carbons (Fsp3) is 0. The molecule has 0 spiro atoms. The summed E-state index contributed by atoms with van der Waals surface area (Å²) in [5.41, 5.74) is 0.393. The molecule has 50 valence electrons. The molecule has 1 aromatic rings. The molecular formula is C6H2BrClN2. The molecule has 0 fully saturated rings. The molecule has 0 aliphatic rings. The van der Waals surface area contributed by atoms with Gasteiger partial charge in [0.05, 0.1) is 10.6 Å². The summed E-state index contributed by atoms with van der Waals surface area (Å²) in [6.07, 6.45) is 1.42. The number of hydrogen-bond donors (Lipinski definition) is 0. The second-order valence-electron chi connectivity index (χ2n) is 1.60. The minimum Gasteiger partial charge on any atom is -0.248 e. The lowest BCUT2D eigenvalue weighted by atomic mass is 10.3. The molecule has 2 nitrogen and oxygen atoms in total. The first kappa shape index (κ1) is 7.52. The molecule has 0 unspecified atom stereocenters. The molecule has 0 amide bonds. The Labute approximate surface area is 71.6 Å². The quantitative estimate of drug-likeness (QED) is 0.626. The molecule has 1 aromatic heterocycles. The Morgan fingerprint density at radius 3 is 2.90 bits per heavy atom. The summed E-state index contributed by atoms with van der Waals surface area (Å²) in [7, 11) is 0. The lowest BCUT2D eigenvalue weighted by Gasteiger charge is -1.92. The van der Waals surface area contributed by atoms with E-state index in [0.29, 0.717) is 15.2 Å². The molecule has 0 bridgehead atoms. The van der Waals surface area contributed by atoms with Crippen LogP contribution in [-0.2, 0) is 0 Å². The average Bonchev–Trinajstić information content (AvgIpc) is 1.88. The Kier molecular flexibility index (Phi) is 2.25. The van der Waals surface area contributed by atoms with Crippen LogP contribution in [0.3, 0.4) is 0 Å². The highest BCUT2D eigenvalue weighted by Gasteiger charge is 1.98. The molecule has 10 heavy (non-hydrogen) atoms. The van der Waals surface area contributed by atoms with E-state index in [4.69, 9.17) is 16.9 Å². The summed E-state index contributed by atoms with van der Waals surface area (Å²) in [6.45, 7) is 0. The number of nitriles is 1. The molecule has 0 N–H and O–H groups in total. The van der Waals surface area contributed by atoms with Gasteiger partial charge < -0.3 is 0 Å². The molecule has 0 aliphatic carbocycles. The van der Waals surface area contributed by atoms with Gasteiger partial charge in [0, 0.05) is 6.20 Å². The van der Waals surface area contributed by atoms with Crippen molar-refractivity contribution >= 4 is 27.5 Å². The molecule has 0 atom stereocenters. The number of nitrogens with zero attached hydrogens (tertiary/aromatic N) is 2. The van der Waals surface area contributed by atoms with Gasteiger partial charge in [-0.05, 0) is 22.0 Å². The smallest absolute Gasteiger partial charge is 0.107 e. The molecule has 0 aliphatic heterocycles. The van der Waals surface area contributed by atoms with Crippen molar-refractivity contribution < 1.29 is 0 Å². The lowest BCUT2D eigenvalue weighted by molar-refractivity contribution is 1.26. The zero-order valence-corrected chi connectivity index (χ0v) is 7.15. The minimum atomic E-state index is 0.393. The first-order valence-electron chi connectivity index (χ1n) is 2.45. The van der Waals surface area contributed by atoms with Gasteiger partial charge in [0.15, 0.2) is 0 Å². The number of pyridine rings is 1. The summed E-state index contributed by atoms with van der Waals surface area (Å²) >= 11 is 8.76. The maximum absolute atomic E-state index is 8.42. The minimum absolute atomic E-state index is 0.393. The van der Waals surface area contributed by atoms with E-state index in [1.165, 1.54) is 6.20 Å². The van der Waals surface area contributed by atoms with Crippen LogP contribution in [0, 0.1) is 11.3 Å². The molecule has 4 heteroatoms. The number of hydrogen-bond acceptors (Lipinski definition) is 2. The zero-order valence-electron chi connectivity index (χ0n) is 4.81. The standard InChI is InChI=1S/C6H2BrClN2/c7-6-1-5(8)4(2-9)3-10-6/h1,3H. The van der Waals surface area contributed by atoms with E-state index in [-0.39, 0.29) is 0 Å². The van der Waals surface area contributed by atoms with Crippen molar-refractivity contribution in [2.24, 2.45) is 0 Å². The van der Waals surface area contributed by atoms with Gasteiger partial charge in [-0.3, -0.25) is 0 Å². The average molecular weight is 217 g/mol. The van der Waals surface area contributed by atoms with Gasteiger partial charge >= 0.3 is 0 Å². The van der Waals surface area contributed by atoms with Gasteiger partial charge in [-0.2, -0.15) is 5.26 Å². The van der Waals surface area contributed by atoms with Crippen LogP contribution in [-0.4, -0.2) is 4.98 Å². The summed E-state index contributed by atoms with van der Waals surface area (Å²) in [4.78, 5) is 3.82. The third-order valence-corrected chi connectivity index (χ3v) is 1.69. The topological polar surface area (TPSA) is 36.7 Å². The maximum atomic E-state index is 8.42. The molecular weight excluding hydrogens is 215 g/mol. The third-order valence-electron chi connectivity index (χ3n) is 0.941. The number of rotatable bonds is 0. The molecule has 1 rings (SSSR count). The zero-order chi connectivity index (χ0) is 7.56. The van der Waals surface area contributed by atoms with Gasteiger partial charge in [-0.25, -0.2) is 4.98 Å². The van der Waals surface area contributed by atoms with Crippen molar-refractivity contribution in [1.29, 1.82) is 5.26 Å². The fourth-order valence-corrected chi connectivity index (χ4v) is 1.15. The normalized spacial score (nSPS) is 8.90. The van der Waals surface area contributed by atoms with E-state index in [0.717, 1.165) is 0 Å². The van der Waals surface area contributed by atoms with Crippen LogP contribution in [0.5, 0.6) is 0 Å². The number of aromatic nitrogens is 1. The van der Waals surface area contributed by atoms with E-state index in [9.17, 15) is 0 Å². The Morgan fingerprint density at radius 1 is 1.70 bits per heavy atom. The fourth-order valence-electron chi connectivity index (χ4n) is 0.490. The van der Waals surface area contributed by atoms with E-state index < -0.39 is 0 Å². The van der Waals surface area contributed by atoms with Crippen molar-refractivity contribution in [3.05, 3.63) is 27.5 Å². The highest BCUT2D eigenvalue weighted by Crippen LogP contribution is 2.17. The van der Waals surface area contributed by atoms with Crippen molar-refractivity contribution in [2.45, 2.75) is 0 Å². The van der Waals surface area contributed by atoms with Crippen LogP contribution in [0.15, 0.2) is 16.9 Å². The predicted molar refractivity (Wildman–Crippen MR) is 41.7 cm³/mol. The molecule has 1 heterocycles. The summed E-state index contributed by atoms with van der Waals surface area (Å²) in [5, 5.41) is 8.84. The van der Waals surface area contributed by atoms with Gasteiger partial charge in [-0.1, -0.05) is 11.6 Å². The van der Waals surface area contributed by atoms with E-state index in [1.807, 2.05) is 6.07 Å². The van der Waals surface area contributed by atoms with Crippen molar-refractivity contribution in [3.63, 3.8) is 0 Å². The monoisotopic (exact) mass is 216 g/mol. The van der Waals surface area contributed by atoms with Gasteiger partial charge in [0.25, 0.3) is 0 Å². The summed E-state index contributed by atoms with van der Waals surface area (Å²) in [6, 6.07) is 3.49. The van der Waals surface area contributed by atoms with E-state index in [2.05, 4.69) is 20.9 Å². The molecule has 0 saturated heterocycles. The number of halogens is 2. The van der Waals surface area contributed by atoms with Crippen LogP contribution < -0.4 is 0 Å². The third kappa shape index (κ3) is 1.47. The molecule has 0 radical (unpaired) electrons. The van der Waals surface area contributed by atoms with E-state index in [1.54, 1.807) is 6.07 Å². The Balaban J connectivity index is 3.23. The lowest BCUT2D eigenvalue weighted by Crippen LogP contribution is -1.80. The first-order valence-corrected chi connectivity index (χ1v) is 3.62. The maximum Gasteiger partial charge on any atom is 0.107 e.